The van der Waals surface area contributed by atoms with Crippen LogP contribution in [0.25, 0.3) is 0 Å². The van der Waals surface area contributed by atoms with Crippen molar-refractivity contribution in [2.24, 2.45) is 5.73 Å². The lowest BCUT2D eigenvalue weighted by Gasteiger charge is -2.21. The number of alkyl halides is 2. The number of nitrogens with two attached hydrogens (primary N) is 1. The van der Waals surface area contributed by atoms with Crippen LogP contribution in [0.4, 0.5) is 8.78 Å². The van der Waals surface area contributed by atoms with Crippen molar-refractivity contribution in [1.29, 1.82) is 0 Å². The topological polar surface area (TPSA) is 80.4 Å². The van der Waals surface area contributed by atoms with Gasteiger partial charge in [0.1, 0.15) is 6.61 Å². The molecule has 0 saturated carbocycles. The van der Waals surface area contributed by atoms with Gasteiger partial charge in [0, 0.05) is 6.26 Å². The van der Waals surface area contributed by atoms with Crippen LogP contribution in [-0.2, 0) is 9.84 Å². The van der Waals surface area contributed by atoms with E-state index in [-0.39, 0.29) is 10.5 Å². The summed E-state index contributed by atoms with van der Waals surface area (Å²) >= 11 is 0. The summed E-state index contributed by atoms with van der Waals surface area (Å²) in [5.41, 5.74) is 5.35. The van der Waals surface area contributed by atoms with Crippen molar-refractivity contribution in [3.63, 3.8) is 0 Å². The Kier molecular flexibility index (Phi) is 3.85. The molecule has 1 atom stereocenters. The summed E-state index contributed by atoms with van der Waals surface area (Å²) in [7, 11) is -3.36. The number of rotatable bonds is 4. The van der Waals surface area contributed by atoms with E-state index in [1.807, 2.05) is 0 Å². The average Bonchev–Trinajstić information content (AvgIpc) is 2.27. The summed E-state index contributed by atoms with van der Waals surface area (Å²) in [6.45, 7) is -1.36. The summed E-state index contributed by atoms with van der Waals surface area (Å²) in [5.74, 6) is -3.44. The fraction of sp³-hybridized carbons (Fsp3) is 0.400. The van der Waals surface area contributed by atoms with E-state index < -0.39 is 28.4 Å². The molecule has 0 aromatic heterocycles. The second-order valence-electron chi connectivity index (χ2n) is 3.74. The van der Waals surface area contributed by atoms with E-state index in [0.29, 0.717) is 0 Å². The molecule has 0 spiro atoms. The third kappa shape index (κ3) is 3.21. The van der Waals surface area contributed by atoms with Gasteiger partial charge in [0.05, 0.1) is 10.9 Å². The smallest absolute Gasteiger partial charge is 0.289 e. The fourth-order valence-electron chi connectivity index (χ4n) is 1.26. The Labute approximate surface area is 98.0 Å². The summed E-state index contributed by atoms with van der Waals surface area (Å²) < 4.78 is 48.4. The van der Waals surface area contributed by atoms with Crippen LogP contribution < -0.4 is 5.73 Å². The average molecular weight is 265 g/mol. The Balaban J connectivity index is 3.04. The molecule has 0 saturated heterocycles. The van der Waals surface area contributed by atoms with Gasteiger partial charge in [0.2, 0.25) is 0 Å². The highest BCUT2D eigenvalue weighted by Crippen LogP contribution is 2.29. The van der Waals surface area contributed by atoms with Crippen molar-refractivity contribution in [1.82, 2.24) is 0 Å². The SMILES string of the molecule is CS(=O)(=O)c1ccc([C@@H](N)C(F)(F)CO)cc1. The molecule has 1 rings (SSSR count). The first kappa shape index (κ1) is 14.0. The number of hydrogen-bond donors (Lipinski definition) is 2. The molecule has 3 N–H and O–H groups in total. The maximum absolute atomic E-state index is 13.1. The number of aliphatic hydroxyl groups excluding tert-OH is 1. The van der Waals surface area contributed by atoms with E-state index >= 15 is 0 Å². The van der Waals surface area contributed by atoms with Crippen LogP contribution in [0.1, 0.15) is 11.6 Å². The van der Waals surface area contributed by atoms with Crippen LogP contribution in [0.3, 0.4) is 0 Å². The molecule has 0 unspecified atom stereocenters. The Hall–Kier alpha value is -1.05. The van der Waals surface area contributed by atoms with Gasteiger partial charge in [-0.2, -0.15) is 0 Å². The molecular weight excluding hydrogens is 252 g/mol. The lowest BCUT2D eigenvalue weighted by Crippen LogP contribution is -2.36. The summed E-state index contributed by atoms with van der Waals surface area (Å²) in [4.78, 5) is 0.0285. The van der Waals surface area contributed by atoms with Gasteiger partial charge in [-0.3, -0.25) is 0 Å². The van der Waals surface area contributed by atoms with E-state index in [1.165, 1.54) is 24.3 Å². The highest BCUT2D eigenvalue weighted by Gasteiger charge is 2.37. The Morgan fingerprint density at radius 3 is 2.18 bits per heavy atom. The molecule has 0 aliphatic heterocycles. The molecule has 0 aliphatic carbocycles. The third-order valence-corrected chi connectivity index (χ3v) is 3.46. The minimum Gasteiger partial charge on any atom is -0.390 e. The van der Waals surface area contributed by atoms with E-state index in [2.05, 4.69) is 0 Å². The summed E-state index contributed by atoms with van der Waals surface area (Å²) in [6.07, 6.45) is 1.02. The van der Waals surface area contributed by atoms with Crippen molar-refractivity contribution in [3.05, 3.63) is 29.8 Å². The van der Waals surface area contributed by atoms with Crippen LogP contribution in [0.5, 0.6) is 0 Å². The van der Waals surface area contributed by atoms with Crippen molar-refractivity contribution < 1.29 is 22.3 Å². The molecule has 17 heavy (non-hydrogen) atoms. The van der Waals surface area contributed by atoms with Crippen LogP contribution in [0.2, 0.25) is 0 Å². The largest absolute Gasteiger partial charge is 0.390 e. The Bertz CT molecular complexity index is 485. The number of sulfone groups is 1. The first-order valence-corrected chi connectivity index (χ1v) is 6.62. The van der Waals surface area contributed by atoms with Gasteiger partial charge >= 0.3 is 0 Å². The number of hydrogen-bond acceptors (Lipinski definition) is 4. The van der Waals surface area contributed by atoms with Crippen molar-refractivity contribution in [2.45, 2.75) is 16.9 Å². The summed E-state index contributed by atoms with van der Waals surface area (Å²) in [5, 5.41) is 8.48. The van der Waals surface area contributed by atoms with Crippen LogP contribution in [0, 0.1) is 0 Å². The number of benzene rings is 1. The van der Waals surface area contributed by atoms with E-state index in [0.717, 1.165) is 6.26 Å². The third-order valence-electron chi connectivity index (χ3n) is 2.33. The highest BCUT2D eigenvalue weighted by molar-refractivity contribution is 7.90. The quantitative estimate of drug-likeness (QED) is 0.840. The maximum Gasteiger partial charge on any atom is 0.289 e. The molecule has 4 nitrogen and oxygen atoms in total. The first-order chi connectivity index (χ1) is 7.68. The van der Waals surface area contributed by atoms with Gasteiger partial charge in [0.25, 0.3) is 5.92 Å². The normalized spacial score (nSPS) is 14.6. The van der Waals surface area contributed by atoms with Crippen LogP contribution in [-0.4, -0.2) is 32.3 Å². The van der Waals surface area contributed by atoms with Crippen molar-refractivity contribution in [2.75, 3.05) is 12.9 Å². The maximum atomic E-state index is 13.1. The molecule has 1 aromatic rings. The second kappa shape index (κ2) is 4.67. The zero-order chi connectivity index (χ0) is 13.3. The van der Waals surface area contributed by atoms with Crippen LogP contribution in [0.15, 0.2) is 29.2 Å². The standard InChI is InChI=1S/C10H13F2NO3S/c1-17(15,16)8-4-2-7(3-5-8)9(13)10(11,12)6-14/h2-5,9,14H,6,13H2,1H3/t9-/m1/s1. The van der Waals surface area contributed by atoms with Gasteiger partial charge < -0.3 is 10.8 Å². The molecular formula is C10H13F2NO3S. The lowest BCUT2D eigenvalue weighted by molar-refractivity contribution is -0.0711. The highest BCUT2D eigenvalue weighted by atomic mass is 32.2. The van der Waals surface area contributed by atoms with E-state index in [4.69, 9.17) is 10.8 Å². The molecule has 0 heterocycles. The second-order valence-corrected chi connectivity index (χ2v) is 5.75. The van der Waals surface area contributed by atoms with Crippen LogP contribution >= 0.6 is 0 Å². The van der Waals surface area contributed by atoms with Crippen molar-refractivity contribution >= 4 is 9.84 Å². The van der Waals surface area contributed by atoms with Gasteiger partial charge in [-0.05, 0) is 17.7 Å². The monoisotopic (exact) mass is 265 g/mol. The molecule has 7 heteroatoms. The predicted octanol–water partition coefficient (Wildman–Crippen LogP) is 0.718. The molecule has 96 valence electrons. The Morgan fingerprint density at radius 1 is 1.35 bits per heavy atom. The first-order valence-electron chi connectivity index (χ1n) is 4.73. The minimum atomic E-state index is -3.44. The van der Waals surface area contributed by atoms with E-state index in [9.17, 15) is 17.2 Å². The zero-order valence-corrected chi connectivity index (χ0v) is 9.92. The predicted molar refractivity (Wildman–Crippen MR) is 58.5 cm³/mol. The molecule has 0 fully saturated rings. The molecule has 0 radical (unpaired) electrons. The number of aliphatic hydroxyl groups is 1. The zero-order valence-electron chi connectivity index (χ0n) is 9.10. The van der Waals surface area contributed by atoms with Gasteiger partial charge in [-0.15, -0.1) is 0 Å². The molecule has 0 bridgehead atoms. The fourth-order valence-corrected chi connectivity index (χ4v) is 1.90. The molecule has 0 aliphatic rings. The van der Waals surface area contributed by atoms with Gasteiger partial charge in [-0.1, -0.05) is 12.1 Å². The Morgan fingerprint density at radius 2 is 1.82 bits per heavy atom. The summed E-state index contributed by atoms with van der Waals surface area (Å²) in [6, 6.07) is 3.17. The molecule has 0 amide bonds. The van der Waals surface area contributed by atoms with Gasteiger partial charge in [0.15, 0.2) is 9.84 Å². The lowest BCUT2D eigenvalue weighted by atomic mass is 10.0. The molecule has 1 aromatic carbocycles. The van der Waals surface area contributed by atoms with Gasteiger partial charge in [-0.25, -0.2) is 17.2 Å². The van der Waals surface area contributed by atoms with Crippen molar-refractivity contribution in [3.8, 4) is 0 Å². The van der Waals surface area contributed by atoms with E-state index in [1.54, 1.807) is 0 Å². The minimum absolute atomic E-state index is 0.0285. The number of halogens is 2.